The molecule has 0 radical (unpaired) electrons. The number of halogens is 1. The minimum atomic E-state index is -0.349. The Kier molecular flexibility index (Phi) is 8.40. The quantitative estimate of drug-likeness (QED) is 0.360. The van der Waals surface area contributed by atoms with Crippen molar-refractivity contribution in [2.75, 3.05) is 13.6 Å². The Bertz CT molecular complexity index is 75.5. The lowest BCUT2D eigenvalue weighted by Crippen LogP contribution is -2.06. The van der Waals surface area contributed by atoms with E-state index in [0.717, 1.165) is 6.54 Å². The monoisotopic (exact) mass is 163 g/mol. The highest BCUT2D eigenvalue weighted by Gasteiger charge is 1.78. The summed E-state index contributed by atoms with van der Waals surface area (Å²) >= 11 is 5.55. The van der Waals surface area contributed by atoms with Gasteiger partial charge in [-0.05, 0) is 26.4 Å². The summed E-state index contributed by atoms with van der Waals surface area (Å²) in [5.41, 5.74) is 2.12. The van der Waals surface area contributed by atoms with Gasteiger partial charge in [0.25, 0.3) is 0 Å². The first kappa shape index (κ1) is 9.21. The molecule has 0 aliphatic heterocycles. The van der Waals surface area contributed by atoms with Crippen LogP contribution in [-0.2, 0) is 0 Å². The van der Waals surface area contributed by atoms with Crippen molar-refractivity contribution in [1.29, 1.82) is 0 Å². The van der Waals surface area contributed by atoms with Gasteiger partial charge < -0.3 is 5.32 Å². The van der Waals surface area contributed by atoms with Crippen molar-refractivity contribution in [3.63, 3.8) is 0 Å². The fraction of sp³-hybridized carbons (Fsp3) is 0.667. The topological polar surface area (TPSA) is 12.0 Å². The van der Waals surface area contributed by atoms with Gasteiger partial charge >= 0.3 is 0 Å². The highest BCUT2D eigenvalue weighted by atomic mass is 35.6. The normalized spacial score (nSPS) is 12.2. The predicted octanol–water partition coefficient (Wildman–Crippen LogP) is 0.822. The summed E-state index contributed by atoms with van der Waals surface area (Å²) in [6.07, 6.45) is 4.56. The molecule has 9 heavy (non-hydrogen) atoms. The van der Waals surface area contributed by atoms with E-state index < -0.39 is 0 Å². The molecule has 0 bridgehead atoms. The summed E-state index contributed by atoms with van der Waals surface area (Å²) in [5, 5.41) is 3.09. The maximum atomic E-state index is 5.55. The Morgan fingerprint density at radius 3 is 3.00 bits per heavy atom. The van der Waals surface area contributed by atoms with Gasteiger partial charge in [0.15, 0.2) is 0 Å². The molecule has 54 valence electrons. The van der Waals surface area contributed by atoms with Crippen molar-refractivity contribution in [2.45, 2.75) is 12.8 Å². The molecule has 0 aromatic carbocycles. The van der Waals surface area contributed by atoms with Gasteiger partial charge in [0.2, 0.25) is 0 Å². The van der Waals surface area contributed by atoms with E-state index in [4.69, 9.17) is 11.1 Å². The van der Waals surface area contributed by atoms with Crippen molar-refractivity contribution in [3.05, 3.63) is 11.8 Å². The number of hydrogen-bond donors (Lipinski definition) is 1. The molecule has 0 aromatic heterocycles. The van der Waals surface area contributed by atoms with E-state index >= 15 is 0 Å². The van der Waals surface area contributed by atoms with E-state index in [1.165, 1.54) is 12.8 Å². The molecule has 0 amide bonds. The van der Waals surface area contributed by atoms with E-state index in [9.17, 15) is 0 Å². The maximum absolute atomic E-state index is 5.55. The van der Waals surface area contributed by atoms with E-state index in [1.54, 1.807) is 0 Å². The summed E-state index contributed by atoms with van der Waals surface area (Å²) < 4.78 is 0. The average molecular weight is 164 g/mol. The first-order valence-corrected chi connectivity index (χ1v) is 6.23. The predicted molar refractivity (Wildman–Crippen MR) is 46.7 cm³/mol. The van der Waals surface area contributed by atoms with Crippen molar-refractivity contribution < 1.29 is 0 Å². The standard InChI is InChI=1S/C6H14ClNSi/c1-8-5-3-2-4-6-9-7/h4,6,8H,2-3,5,9H2,1H3. The molecule has 0 unspecified atom stereocenters. The molecule has 0 aromatic rings. The molecule has 0 aliphatic rings. The van der Waals surface area contributed by atoms with E-state index in [2.05, 4.69) is 17.1 Å². The van der Waals surface area contributed by atoms with Crippen molar-refractivity contribution in [2.24, 2.45) is 0 Å². The molecular weight excluding hydrogens is 150 g/mol. The Labute approximate surface area is 64.0 Å². The average Bonchev–Trinajstić information content (AvgIpc) is 1.89. The molecule has 0 heterocycles. The van der Waals surface area contributed by atoms with E-state index in [1.807, 2.05) is 7.05 Å². The van der Waals surface area contributed by atoms with Crippen molar-refractivity contribution in [1.82, 2.24) is 5.32 Å². The van der Waals surface area contributed by atoms with Gasteiger partial charge in [0.05, 0.1) is 0 Å². The van der Waals surface area contributed by atoms with Crippen LogP contribution >= 0.6 is 11.1 Å². The number of rotatable bonds is 5. The van der Waals surface area contributed by atoms with Crippen LogP contribution in [0.5, 0.6) is 0 Å². The molecule has 3 heteroatoms. The molecule has 0 atom stereocenters. The van der Waals surface area contributed by atoms with Gasteiger partial charge in [-0.1, -0.05) is 11.8 Å². The van der Waals surface area contributed by atoms with Crippen LogP contribution in [0.1, 0.15) is 12.8 Å². The van der Waals surface area contributed by atoms with Crippen molar-refractivity contribution in [3.8, 4) is 0 Å². The molecule has 0 spiro atoms. The molecule has 0 saturated carbocycles. The molecule has 1 N–H and O–H groups in total. The maximum Gasteiger partial charge on any atom is 0.148 e. The highest BCUT2D eigenvalue weighted by molar-refractivity contribution is 6.96. The SMILES string of the molecule is CNCCCC=C[SiH2]Cl. The number of unbranched alkanes of at least 4 members (excludes halogenated alkanes) is 1. The fourth-order valence-electron chi connectivity index (χ4n) is 0.578. The first-order chi connectivity index (χ1) is 4.41. The summed E-state index contributed by atoms with van der Waals surface area (Å²) in [4.78, 5) is 0. The number of nitrogens with one attached hydrogen (secondary N) is 1. The Hall–Kier alpha value is 0.207. The Balaban J connectivity index is 2.82. The largest absolute Gasteiger partial charge is 0.320 e. The highest BCUT2D eigenvalue weighted by Crippen LogP contribution is 1.88. The smallest absolute Gasteiger partial charge is 0.148 e. The van der Waals surface area contributed by atoms with Crippen LogP contribution in [0.3, 0.4) is 0 Å². The number of allylic oxidation sites excluding steroid dienone is 1. The zero-order chi connectivity index (χ0) is 6.95. The summed E-state index contributed by atoms with van der Waals surface area (Å²) in [7, 11) is 1.62. The minimum Gasteiger partial charge on any atom is -0.320 e. The first-order valence-electron chi connectivity index (χ1n) is 3.27. The number of hydrogen-bond acceptors (Lipinski definition) is 1. The third kappa shape index (κ3) is 8.21. The van der Waals surface area contributed by atoms with E-state index in [-0.39, 0.29) is 8.83 Å². The lowest BCUT2D eigenvalue weighted by molar-refractivity contribution is 0.736. The molecule has 1 nitrogen and oxygen atoms in total. The lowest BCUT2D eigenvalue weighted by Gasteiger charge is -1.92. The summed E-state index contributed by atoms with van der Waals surface area (Å²) in [5.74, 6) is 0. The van der Waals surface area contributed by atoms with Crippen LogP contribution in [0.4, 0.5) is 0 Å². The Morgan fingerprint density at radius 1 is 1.67 bits per heavy atom. The van der Waals surface area contributed by atoms with Gasteiger partial charge in [0, 0.05) is 0 Å². The van der Waals surface area contributed by atoms with Crippen LogP contribution in [0.15, 0.2) is 11.8 Å². The third-order valence-corrected chi connectivity index (χ3v) is 2.10. The van der Waals surface area contributed by atoms with Gasteiger partial charge in [-0.3, -0.25) is 0 Å². The Morgan fingerprint density at radius 2 is 2.44 bits per heavy atom. The van der Waals surface area contributed by atoms with Crippen LogP contribution in [0.25, 0.3) is 0 Å². The van der Waals surface area contributed by atoms with Crippen molar-refractivity contribution >= 4 is 19.9 Å². The zero-order valence-electron chi connectivity index (χ0n) is 5.86. The molecule has 0 fully saturated rings. The zero-order valence-corrected chi connectivity index (χ0v) is 8.03. The van der Waals surface area contributed by atoms with Crippen LogP contribution in [0, 0.1) is 0 Å². The molecule has 0 aliphatic carbocycles. The molecular formula is C6H14ClNSi. The van der Waals surface area contributed by atoms with Gasteiger partial charge in [-0.15, -0.1) is 0 Å². The minimum absolute atomic E-state index is 0.349. The van der Waals surface area contributed by atoms with Crippen LogP contribution < -0.4 is 5.32 Å². The summed E-state index contributed by atoms with van der Waals surface area (Å²) in [6, 6.07) is 0. The second-order valence-corrected chi connectivity index (χ2v) is 3.58. The van der Waals surface area contributed by atoms with E-state index in [0.29, 0.717) is 0 Å². The van der Waals surface area contributed by atoms with Gasteiger partial charge in [0.1, 0.15) is 8.83 Å². The van der Waals surface area contributed by atoms with Crippen LogP contribution in [-0.4, -0.2) is 22.4 Å². The van der Waals surface area contributed by atoms with Crippen LogP contribution in [0.2, 0.25) is 0 Å². The second-order valence-electron chi connectivity index (χ2n) is 1.87. The van der Waals surface area contributed by atoms with Gasteiger partial charge in [-0.2, -0.15) is 11.1 Å². The third-order valence-electron chi connectivity index (χ3n) is 1.05. The van der Waals surface area contributed by atoms with Gasteiger partial charge in [-0.25, -0.2) is 0 Å². The summed E-state index contributed by atoms with van der Waals surface area (Å²) in [6.45, 7) is 1.11. The second kappa shape index (κ2) is 8.21. The molecule has 0 rings (SSSR count). The fourth-order valence-corrected chi connectivity index (χ4v) is 1.32. The lowest BCUT2D eigenvalue weighted by atomic mass is 10.3. The molecule has 0 saturated heterocycles.